The van der Waals surface area contributed by atoms with E-state index in [0.717, 1.165) is 61.4 Å². The zero-order valence-corrected chi connectivity index (χ0v) is 35.4. The van der Waals surface area contributed by atoms with Crippen molar-refractivity contribution in [1.29, 1.82) is 0 Å². The Labute approximate surface area is 376 Å². The summed E-state index contributed by atoms with van der Waals surface area (Å²) in [6.45, 7) is 0. The highest BCUT2D eigenvalue weighted by atomic mass is 16.3. The minimum absolute atomic E-state index is 0.880. The summed E-state index contributed by atoms with van der Waals surface area (Å²) < 4.78 is 8.91. The van der Waals surface area contributed by atoms with Gasteiger partial charge >= 0.3 is 0 Å². The monoisotopic (exact) mass is 828 g/mol. The first kappa shape index (κ1) is 36.9. The van der Waals surface area contributed by atoms with Crippen LogP contribution in [0.15, 0.2) is 247 Å². The Balaban J connectivity index is 0.989. The molecule has 0 fully saturated rings. The third kappa shape index (κ3) is 6.20. The second-order valence-electron chi connectivity index (χ2n) is 16.9. The quantitative estimate of drug-likeness (QED) is 0.160. The van der Waals surface area contributed by atoms with E-state index in [1.165, 1.54) is 60.0 Å². The Morgan fingerprint density at radius 1 is 0.308 bits per heavy atom. The third-order valence-corrected chi connectivity index (χ3v) is 13.1. The van der Waals surface area contributed by atoms with Crippen molar-refractivity contribution in [3.63, 3.8) is 0 Å². The van der Waals surface area contributed by atoms with Crippen LogP contribution >= 0.6 is 0 Å². The van der Waals surface area contributed by atoms with Crippen molar-refractivity contribution in [2.24, 2.45) is 0 Å². The number of aromatic nitrogens is 1. The molecule has 0 saturated heterocycles. The van der Waals surface area contributed by atoms with Gasteiger partial charge in [0.1, 0.15) is 11.2 Å². The maximum absolute atomic E-state index is 6.48. The molecule has 2 aromatic heterocycles. The molecule has 0 aliphatic carbocycles. The number of fused-ring (bicyclic) bond motifs is 8. The first-order valence-corrected chi connectivity index (χ1v) is 22.2. The fourth-order valence-electron chi connectivity index (χ4n) is 10.0. The van der Waals surface area contributed by atoms with Crippen LogP contribution in [0.4, 0.5) is 17.1 Å². The van der Waals surface area contributed by atoms with E-state index in [-0.39, 0.29) is 0 Å². The molecule has 3 nitrogen and oxygen atoms in total. The highest BCUT2D eigenvalue weighted by Gasteiger charge is 2.23. The van der Waals surface area contributed by atoms with Crippen LogP contribution in [-0.4, -0.2) is 4.57 Å². The van der Waals surface area contributed by atoms with Gasteiger partial charge in [0.05, 0.1) is 28.1 Å². The Morgan fingerprint density at radius 3 is 1.63 bits per heavy atom. The zero-order valence-electron chi connectivity index (χ0n) is 35.4. The van der Waals surface area contributed by atoms with Crippen molar-refractivity contribution < 1.29 is 4.42 Å². The summed E-state index contributed by atoms with van der Waals surface area (Å²) in [7, 11) is 0. The molecule has 0 bridgehead atoms. The summed E-state index contributed by atoms with van der Waals surface area (Å²) in [6, 6.07) is 87.9. The van der Waals surface area contributed by atoms with Crippen molar-refractivity contribution in [3.05, 3.63) is 243 Å². The Hall–Kier alpha value is -8.66. The molecule has 0 saturated carbocycles. The Bertz CT molecular complexity index is 3910. The van der Waals surface area contributed by atoms with Crippen LogP contribution in [0.3, 0.4) is 0 Å². The highest BCUT2D eigenvalue weighted by Crippen LogP contribution is 2.46. The number of nitrogens with zero attached hydrogens (tertiary/aromatic N) is 2. The molecule has 0 aliphatic rings. The average molecular weight is 829 g/mol. The van der Waals surface area contributed by atoms with Crippen LogP contribution in [0.25, 0.3) is 104 Å². The largest absolute Gasteiger partial charge is 0.456 e. The van der Waals surface area contributed by atoms with Crippen molar-refractivity contribution in [2.75, 3.05) is 4.90 Å². The molecule has 0 spiro atoms. The van der Waals surface area contributed by atoms with Crippen molar-refractivity contribution in [2.45, 2.75) is 0 Å². The van der Waals surface area contributed by atoms with E-state index < -0.39 is 0 Å². The fraction of sp³-hybridized carbons (Fsp3) is 0. The first-order chi connectivity index (χ1) is 32.2. The zero-order chi connectivity index (χ0) is 42.8. The molecule has 3 heteroatoms. The molecule has 11 aromatic carbocycles. The standard InChI is InChI=1S/C62H40N2O/c1-2-15-43-37-48(29-28-41(43)14-1)45-19-13-18-44(36-45)42-30-33-50(34-31-42)63(59-26-11-12-27-60(59)64-57-24-9-6-21-52(57)53-22-7-10-25-58(53)64)56-23-8-5-20-51(56)49-32-35-61-54(39-49)55-38-46-16-3-4-17-47(46)40-62(55)65-61/h1-40H. The molecule has 65 heavy (non-hydrogen) atoms. The third-order valence-electron chi connectivity index (χ3n) is 13.1. The summed E-state index contributed by atoms with van der Waals surface area (Å²) >= 11 is 0. The van der Waals surface area contributed by atoms with Gasteiger partial charge in [0.25, 0.3) is 0 Å². The number of anilines is 3. The van der Waals surface area contributed by atoms with E-state index in [2.05, 4.69) is 252 Å². The molecule has 0 amide bonds. The van der Waals surface area contributed by atoms with Crippen LogP contribution in [0.2, 0.25) is 0 Å². The van der Waals surface area contributed by atoms with Crippen molar-refractivity contribution >= 4 is 82.4 Å². The number of rotatable bonds is 7. The molecule has 2 heterocycles. The highest BCUT2D eigenvalue weighted by molar-refractivity contribution is 6.12. The topological polar surface area (TPSA) is 21.3 Å². The number of furan rings is 1. The molecule has 0 N–H and O–H groups in total. The minimum Gasteiger partial charge on any atom is -0.456 e. The van der Waals surface area contributed by atoms with E-state index in [1.807, 2.05) is 0 Å². The summed E-state index contributed by atoms with van der Waals surface area (Å²) in [5, 5.41) is 9.54. The molecule has 0 aliphatic heterocycles. The van der Waals surface area contributed by atoms with Gasteiger partial charge in [-0.15, -0.1) is 0 Å². The smallest absolute Gasteiger partial charge is 0.136 e. The second kappa shape index (κ2) is 15.0. The molecule has 0 atom stereocenters. The number of hydrogen-bond acceptors (Lipinski definition) is 2. The van der Waals surface area contributed by atoms with Gasteiger partial charge in [-0.25, -0.2) is 0 Å². The van der Waals surface area contributed by atoms with E-state index in [4.69, 9.17) is 4.42 Å². The van der Waals surface area contributed by atoms with Crippen LogP contribution in [0.1, 0.15) is 0 Å². The normalized spacial score (nSPS) is 11.7. The molecular formula is C62H40N2O. The SMILES string of the molecule is c1cc(-c2ccc(N(c3ccccc3-c3ccc4oc5cc6ccccc6cc5c4c3)c3ccccc3-n3c4ccccc4c4ccccc43)cc2)cc(-c2ccc3ccccc3c2)c1. The summed E-state index contributed by atoms with van der Waals surface area (Å²) in [6.07, 6.45) is 0. The Kier molecular flexibility index (Phi) is 8.53. The van der Waals surface area contributed by atoms with E-state index in [1.54, 1.807) is 0 Å². The molecule has 0 radical (unpaired) electrons. The lowest BCUT2D eigenvalue weighted by molar-refractivity contribution is 0.669. The van der Waals surface area contributed by atoms with Crippen molar-refractivity contribution in [1.82, 2.24) is 4.57 Å². The maximum atomic E-state index is 6.48. The number of benzene rings is 11. The fourth-order valence-corrected chi connectivity index (χ4v) is 10.0. The predicted molar refractivity (Wildman–Crippen MR) is 274 cm³/mol. The van der Waals surface area contributed by atoms with Gasteiger partial charge in [-0.2, -0.15) is 0 Å². The molecule has 304 valence electrons. The summed E-state index contributed by atoms with van der Waals surface area (Å²) in [4.78, 5) is 2.44. The first-order valence-electron chi connectivity index (χ1n) is 22.2. The molecule has 13 rings (SSSR count). The van der Waals surface area contributed by atoms with Gasteiger partial charge in [0.2, 0.25) is 0 Å². The Morgan fingerprint density at radius 2 is 0.862 bits per heavy atom. The summed E-state index contributed by atoms with van der Waals surface area (Å²) in [5.74, 6) is 0. The van der Waals surface area contributed by atoms with Crippen LogP contribution < -0.4 is 4.90 Å². The molecule has 13 aromatic rings. The number of hydrogen-bond donors (Lipinski definition) is 0. The summed E-state index contributed by atoms with van der Waals surface area (Å²) in [5.41, 5.74) is 15.4. The van der Waals surface area contributed by atoms with Crippen LogP contribution in [0.5, 0.6) is 0 Å². The van der Waals surface area contributed by atoms with Gasteiger partial charge < -0.3 is 13.9 Å². The van der Waals surface area contributed by atoms with Gasteiger partial charge in [-0.1, -0.05) is 164 Å². The van der Waals surface area contributed by atoms with Gasteiger partial charge in [-0.05, 0) is 128 Å². The molecule has 0 unspecified atom stereocenters. The van der Waals surface area contributed by atoms with Gasteiger partial charge in [0, 0.05) is 32.8 Å². The van der Waals surface area contributed by atoms with E-state index >= 15 is 0 Å². The van der Waals surface area contributed by atoms with Crippen LogP contribution in [-0.2, 0) is 0 Å². The lowest BCUT2D eigenvalue weighted by Crippen LogP contribution is -2.14. The minimum atomic E-state index is 0.880. The average Bonchev–Trinajstić information content (AvgIpc) is 3.91. The molecular weight excluding hydrogens is 789 g/mol. The number of para-hydroxylation sites is 5. The van der Waals surface area contributed by atoms with E-state index in [9.17, 15) is 0 Å². The second-order valence-corrected chi connectivity index (χ2v) is 16.9. The van der Waals surface area contributed by atoms with Crippen LogP contribution in [0, 0.1) is 0 Å². The predicted octanol–water partition coefficient (Wildman–Crippen LogP) is 17.5. The lowest BCUT2D eigenvalue weighted by Gasteiger charge is -2.30. The van der Waals surface area contributed by atoms with Gasteiger partial charge in [0.15, 0.2) is 0 Å². The van der Waals surface area contributed by atoms with E-state index in [0.29, 0.717) is 0 Å². The van der Waals surface area contributed by atoms with Gasteiger partial charge in [-0.3, -0.25) is 0 Å². The van der Waals surface area contributed by atoms with Crippen molar-refractivity contribution in [3.8, 4) is 39.1 Å². The lowest BCUT2D eigenvalue weighted by atomic mass is 9.97. The maximum Gasteiger partial charge on any atom is 0.136 e.